The minimum absolute atomic E-state index is 0.0441. The summed E-state index contributed by atoms with van der Waals surface area (Å²) in [5, 5.41) is 2.77. The standard InChI is InChI=1S/C15H19N3O3/c1-9-15(20)18(12(10-5-6-10)13(19)17-9)8-11-4-3-7-16-14(11)21-2/h3-4,7,9-10,12H,5-6,8H2,1-2H3,(H,17,19). The van der Waals surface area contributed by atoms with Crippen molar-refractivity contribution < 1.29 is 14.3 Å². The molecule has 1 aliphatic carbocycles. The van der Waals surface area contributed by atoms with Gasteiger partial charge in [-0.2, -0.15) is 0 Å². The quantitative estimate of drug-likeness (QED) is 0.886. The Morgan fingerprint density at radius 1 is 1.43 bits per heavy atom. The van der Waals surface area contributed by atoms with Gasteiger partial charge in [-0.1, -0.05) is 6.07 Å². The fourth-order valence-corrected chi connectivity index (χ4v) is 2.86. The molecule has 0 radical (unpaired) electrons. The molecular formula is C15H19N3O3. The van der Waals surface area contributed by atoms with Gasteiger partial charge in [0.1, 0.15) is 12.1 Å². The Morgan fingerprint density at radius 2 is 2.19 bits per heavy atom. The average Bonchev–Trinajstić information content (AvgIpc) is 3.29. The van der Waals surface area contributed by atoms with Gasteiger partial charge in [0.15, 0.2) is 0 Å². The molecule has 112 valence electrons. The van der Waals surface area contributed by atoms with Crippen LogP contribution in [0.2, 0.25) is 0 Å². The van der Waals surface area contributed by atoms with Crippen LogP contribution in [0.5, 0.6) is 5.88 Å². The second-order valence-electron chi connectivity index (χ2n) is 5.65. The largest absolute Gasteiger partial charge is 0.481 e. The minimum atomic E-state index is -0.477. The van der Waals surface area contributed by atoms with E-state index in [2.05, 4.69) is 10.3 Å². The Balaban J connectivity index is 1.89. The van der Waals surface area contributed by atoms with Crippen molar-refractivity contribution in [3.8, 4) is 5.88 Å². The number of piperazine rings is 1. The molecule has 1 saturated heterocycles. The summed E-state index contributed by atoms with van der Waals surface area (Å²) >= 11 is 0. The summed E-state index contributed by atoms with van der Waals surface area (Å²) in [7, 11) is 1.55. The molecule has 21 heavy (non-hydrogen) atoms. The van der Waals surface area contributed by atoms with Crippen LogP contribution >= 0.6 is 0 Å². The summed E-state index contributed by atoms with van der Waals surface area (Å²) < 4.78 is 5.24. The molecule has 1 aromatic rings. The molecule has 0 spiro atoms. The lowest BCUT2D eigenvalue weighted by Crippen LogP contribution is -2.62. The third-order valence-electron chi connectivity index (χ3n) is 4.07. The first-order valence-electron chi connectivity index (χ1n) is 7.20. The van der Waals surface area contributed by atoms with Crippen molar-refractivity contribution in [3.63, 3.8) is 0 Å². The van der Waals surface area contributed by atoms with Crippen LogP contribution in [0, 0.1) is 5.92 Å². The molecular weight excluding hydrogens is 270 g/mol. The van der Waals surface area contributed by atoms with E-state index in [-0.39, 0.29) is 23.8 Å². The van der Waals surface area contributed by atoms with Gasteiger partial charge in [-0.15, -0.1) is 0 Å². The van der Waals surface area contributed by atoms with Gasteiger partial charge in [0.25, 0.3) is 0 Å². The lowest BCUT2D eigenvalue weighted by molar-refractivity contribution is -0.150. The lowest BCUT2D eigenvalue weighted by atomic mass is 10.0. The maximum atomic E-state index is 12.5. The Hall–Kier alpha value is -2.11. The van der Waals surface area contributed by atoms with Crippen LogP contribution in [0.4, 0.5) is 0 Å². The summed E-state index contributed by atoms with van der Waals surface area (Å²) in [5.41, 5.74) is 0.820. The molecule has 6 nitrogen and oxygen atoms in total. The number of carbonyl (C=O) groups is 2. The summed E-state index contributed by atoms with van der Waals surface area (Å²) in [6.07, 6.45) is 3.65. The molecule has 2 heterocycles. The van der Waals surface area contributed by atoms with Gasteiger partial charge in [0, 0.05) is 11.8 Å². The van der Waals surface area contributed by atoms with Crippen LogP contribution in [-0.2, 0) is 16.1 Å². The third-order valence-corrected chi connectivity index (χ3v) is 4.07. The van der Waals surface area contributed by atoms with Gasteiger partial charge >= 0.3 is 0 Å². The molecule has 1 aromatic heterocycles. The molecule has 1 N–H and O–H groups in total. The molecule has 1 aliphatic heterocycles. The molecule has 2 fully saturated rings. The predicted octanol–water partition coefficient (Wildman–Crippen LogP) is 0.716. The van der Waals surface area contributed by atoms with E-state index in [4.69, 9.17) is 4.74 Å². The van der Waals surface area contributed by atoms with Crippen LogP contribution in [0.15, 0.2) is 18.3 Å². The Labute approximate surface area is 123 Å². The number of aromatic nitrogens is 1. The average molecular weight is 289 g/mol. The van der Waals surface area contributed by atoms with E-state index in [0.717, 1.165) is 18.4 Å². The molecule has 0 bridgehead atoms. The van der Waals surface area contributed by atoms with E-state index in [0.29, 0.717) is 12.4 Å². The van der Waals surface area contributed by atoms with Gasteiger partial charge in [-0.05, 0) is 31.7 Å². The number of carbonyl (C=O) groups excluding carboxylic acids is 2. The van der Waals surface area contributed by atoms with E-state index in [1.165, 1.54) is 0 Å². The van der Waals surface area contributed by atoms with Crippen molar-refractivity contribution in [1.29, 1.82) is 0 Å². The van der Waals surface area contributed by atoms with Gasteiger partial charge in [0.05, 0.1) is 13.7 Å². The highest BCUT2D eigenvalue weighted by molar-refractivity contribution is 5.97. The van der Waals surface area contributed by atoms with Crippen molar-refractivity contribution in [2.75, 3.05) is 7.11 Å². The number of ether oxygens (including phenoxy) is 1. The zero-order valence-corrected chi connectivity index (χ0v) is 12.2. The highest BCUT2D eigenvalue weighted by Crippen LogP contribution is 2.37. The monoisotopic (exact) mass is 289 g/mol. The van der Waals surface area contributed by atoms with Gasteiger partial charge in [-0.25, -0.2) is 4.98 Å². The Kier molecular flexibility index (Phi) is 3.53. The van der Waals surface area contributed by atoms with Crippen LogP contribution in [0.3, 0.4) is 0 Å². The topological polar surface area (TPSA) is 71.5 Å². The molecule has 2 amide bonds. The molecule has 2 unspecified atom stereocenters. The number of amides is 2. The Bertz CT molecular complexity index is 571. The normalized spacial score (nSPS) is 25.7. The first-order chi connectivity index (χ1) is 10.1. The number of pyridine rings is 1. The smallest absolute Gasteiger partial charge is 0.245 e. The van der Waals surface area contributed by atoms with Crippen molar-refractivity contribution in [1.82, 2.24) is 15.2 Å². The van der Waals surface area contributed by atoms with E-state index in [1.807, 2.05) is 12.1 Å². The van der Waals surface area contributed by atoms with Crippen molar-refractivity contribution in [2.45, 2.75) is 38.4 Å². The highest BCUT2D eigenvalue weighted by atomic mass is 16.5. The fraction of sp³-hybridized carbons (Fsp3) is 0.533. The maximum absolute atomic E-state index is 12.5. The summed E-state index contributed by atoms with van der Waals surface area (Å²) in [5.74, 6) is 0.687. The van der Waals surface area contributed by atoms with Crippen LogP contribution < -0.4 is 10.1 Å². The summed E-state index contributed by atoms with van der Waals surface area (Å²) in [6.45, 7) is 2.08. The first-order valence-corrected chi connectivity index (χ1v) is 7.20. The van der Waals surface area contributed by atoms with E-state index < -0.39 is 6.04 Å². The van der Waals surface area contributed by atoms with Crippen LogP contribution in [-0.4, -0.2) is 40.9 Å². The molecule has 1 saturated carbocycles. The molecule has 3 rings (SSSR count). The lowest BCUT2D eigenvalue weighted by Gasteiger charge is -2.38. The van der Waals surface area contributed by atoms with E-state index in [9.17, 15) is 9.59 Å². The number of hydrogen-bond donors (Lipinski definition) is 1. The molecule has 2 atom stereocenters. The maximum Gasteiger partial charge on any atom is 0.245 e. The fourth-order valence-electron chi connectivity index (χ4n) is 2.86. The van der Waals surface area contributed by atoms with Crippen molar-refractivity contribution in [2.24, 2.45) is 5.92 Å². The minimum Gasteiger partial charge on any atom is -0.481 e. The van der Waals surface area contributed by atoms with Gasteiger partial charge < -0.3 is 15.0 Å². The highest BCUT2D eigenvalue weighted by Gasteiger charge is 2.46. The summed E-state index contributed by atoms with van der Waals surface area (Å²) in [6, 6.07) is 2.84. The number of hydrogen-bond acceptors (Lipinski definition) is 4. The van der Waals surface area contributed by atoms with Gasteiger partial charge in [-0.3, -0.25) is 9.59 Å². The predicted molar refractivity (Wildman–Crippen MR) is 75.5 cm³/mol. The van der Waals surface area contributed by atoms with Crippen molar-refractivity contribution >= 4 is 11.8 Å². The second-order valence-corrected chi connectivity index (χ2v) is 5.65. The SMILES string of the molecule is COc1ncccc1CN1C(=O)C(C)NC(=O)C1C1CC1. The van der Waals surface area contributed by atoms with Crippen LogP contribution in [0.1, 0.15) is 25.3 Å². The van der Waals surface area contributed by atoms with E-state index in [1.54, 1.807) is 25.1 Å². The third kappa shape index (κ3) is 2.57. The summed E-state index contributed by atoms with van der Waals surface area (Å²) in [4.78, 5) is 30.5. The number of nitrogens with zero attached hydrogens (tertiary/aromatic N) is 2. The number of nitrogens with one attached hydrogen (secondary N) is 1. The molecule has 0 aromatic carbocycles. The van der Waals surface area contributed by atoms with Crippen LogP contribution in [0.25, 0.3) is 0 Å². The zero-order chi connectivity index (χ0) is 15.0. The number of rotatable bonds is 4. The second kappa shape index (κ2) is 5.35. The van der Waals surface area contributed by atoms with Crippen molar-refractivity contribution in [3.05, 3.63) is 23.9 Å². The number of methoxy groups -OCH3 is 1. The molecule has 6 heteroatoms. The first kappa shape index (κ1) is 13.9. The zero-order valence-electron chi connectivity index (χ0n) is 12.2. The Morgan fingerprint density at radius 3 is 2.86 bits per heavy atom. The van der Waals surface area contributed by atoms with Gasteiger partial charge in [0.2, 0.25) is 17.7 Å². The molecule has 2 aliphatic rings. The van der Waals surface area contributed by atoms with E-state index >= 15 is 0 Å².